The number of carbonyl (C=O) groups is 2. The Balaban J connectivity index is 2.46. The minimum absolute atomic E-state index is 0.0484. The highest BCUT2D eigenvalue weighted by Crippen LogP contribution is 2.31. The number of esters is 1. The van der Waals surface area contributed by atoms with E-state index in [9.17, 15) is 9.59 Å². The Labute approximate surface area is 113 Å². The van der Waals surface area contributed by atoms with Crippen LogP contribution in [0, 0.1) is 5.92 Å². The topological polar surface area (TPSA) is 46.6 Å². The second-order valence-corrected chi connectivity index (χ2v) is 5.04. The van der Waals surface area contributed by atoms with E-state index in [2.05, 4.69) is 0 Å². The smallest absolute Gasteiger partial charge is 0.338 e. The molecule has 0 unspecified atom stereocenters. The Kier molecular flexibility index (Phi) is 3.88. The molecule has 4 heteroatoms. The van der Waals surface area contributed by atoms with Gasteiger partial charge in [0, 0.05) is 18.2 Å². The van der Waals surface area contributed by atoms with Gasteiger partial charge in [-0.3, -0.25) is 4.79 Å². The van der Waals surface area contributed by atoms with Crippen LogP contribution in [-0.2, 0) is 16.0 Å². The molecule has 1 aliphatic heterocycles. The molecule has 0 aliphatic carbocycles. The van der Waals surface area contributed by atoms with Gasteiger partial charge in [0.15, 0.2) is 0 Å². The molecule has 1 heterocycles. The quantitative estimate of drug-likeness (QED) is 0.768. The van der Waals surface area contributed by atoms with Crippen molar-refractivity contribution in [2.75, 3.05) is 18.6 Å². The average Bonchev–Trinajstić information content (AvgIpc) is 2.44. The minimum Gasteiger partial charge on any atom is -0.465 e. The first kappa shape index (κ1) is 13.6. The van der Waals surface area contributed by atoms with E-state index in [1.54, 1.807) is 17.0 Å². The Morgan fingerprint density at radius 1 is 1.32 bits per heavy atom. The van der Waals surface area contributed by atoms with Gasteiger partial charge in [-0.25, -0.2) is 4.79 Å². The molecule has 0 saturated heterocycles. The summed E-state index contributed by atoms with van der Waals surface area (Å²) in [4.78, 5) is 25.8. The van der Waals surface area contributed by atoms with E-state index < -0.39 is 0 Å². The van der Waals surface area contributed by atoms with Gasteiger partial charge in [0.05, 0.1) is 12.7 Å². The van der Waals surface area contributed by atoms with Crippen molar-refractivity contribution >= 4 is 17.6 Å². The van der Waals surface area contributed by atoms with Crippen LogP contribution in [0.2, 0.25) is 0 Å². The van der Waals surface area contributed by atoms with Gasteiger partial charge in [0.25, 0.3) is 0 Å². The van der Waals surface area contributed by atoms with Gasteiger partial charge in [0.1, 0.15) is 0 Å². The maximum atomic E-state index is 12.2. The number of ether oxygens (including phenoxy) is 1. The van der Waals surface area contributed by atoms with Crippen molar-refractivity contribution in [2.24, 2.45) is 5.92 Å². The number of carbonyl (C=O) groups excluding carboxylic acids is 2. The van der Waals surface area contributed by atoms with Crippen LogP contribution >= 0.6 is 0 Å². The number of rotatable bonds is 2. The highest BCUT2D eigenvalue weighted by molar-refractivity contribution is 5.99. The lowest BCUT2D eigenvalue weighted by Crippen LogP contribution is -2.38. The number of hydrogen-bond donors (Lipinski definition) is 0. The standard InChI is InChI=1S/C15H19NO3/c1-10(2)14(17)16-9-5-7-11-12(15(18)19-3)6-4-8-13(11)16/h4,6,8,10H,5,7,9H2,1-3H3. The van der Waals surface area contributed by atoms with E-state index in [0.717, 1.165) is 24.1 Å². The third-order valence-corrected chi connectivity index (χ3v) is 3.42. The molecule has 1 amide bonds. The molecule has 1 aromatic rings. The fourth-order valence-electron chi connectivity index (χ4n) is 2.47. The van der Waals surface area contributed by atoms with E-state index in [-0.39, 0.29) is 17.8 Å². The molecule has 0 bridgehead atoms. The zero-order chi connectivity index (χ0) is 14.0. The molecule has 19 heavy (non-hydrogen) atoms. The summed E-state index contributed by atoms with van der Waals surface area (Å²) >= 11 is 0. The van der Waals surface area contributed by atoms with Crippen LogP contribution in [0.3, 0.4) is 0 Å². The number of anilines is 1. The van der Waals surface area contributed by atoms with Crippen LogP contribution in [0.1, 0.15) is 36.2 Å². The second kappa shape index (κ2) is 5.43. The van der Waals surface area contributed by atoms with Crippen LogP contribution < -0.4 is 4.90 Å². The van der Waals surface area contributed by atoms with Crippen LogP contribution in [0.4, 0.5) is 5.69 Å². The predicted molar refractivity (Wildman–Crippen MR) is 73.3 cm³/mol. The van der Waals surface area contributed by atoms with Crippen molar-refractivity contribution in [2.45, 2.75) is 26.7 Å². The van der Waals surface area contributed by atoms with Gasteiger partial charge in [-0.15, -0.1) is 0 Å². The third kappa shape index (κ3) is 2.48. The molecule has 0 spiro atoms. The van der Waals surface area contributed by atoms with Crippen LogP contribution in [0.15, 0.2) is 18.2 Å². The first-order chi connectivity index (χ1) is 9.06. The summed E-state index contributed by atoms with van der Waals surface area (Å²) in [5.41, 5.74) is 2.35. The first-order valence-corrected chi connectivity index (χ1v) is 6.58. The molecular formula is C15H19NO3. The van der Waals surface area contributed by atoms with Crippen molar-refractivity contribution in [3.63, 3.8) is 0 Å². The van der Waals surface area contributed by atoms with Crippen LogP contribution in [0.5, 0.6) is 0 Å². The Morgan fingerprint density at radius 3 is 2.68 bits per heavy atom. The maximum absolute atomic E-state index is 12.2. The normalized spacial score (nSPS) is 14.2. The van der Waals surface area contributed by atoms with Crippen molar-refractivity contribution < 1.29 is 14.3 Å². The van der Waals surface area contributed by atoms with E-state index >= 15 is 0 Å². The molecule has 0 aromatic heterocycles. The minimum atomic E-state index is -0.337. The maximum Gasteiger partial charge on any atom is 0.338 e. The largest absolute Gasteiger partial charge is 0.465 e. The molecule has 1 aliphatic rings. The Bertz CT molecular complexity index is 508. The van der Waals surface area contributed by atoms with Gasteiger partial charge in [-0.2, -0.15) is 0 Å². The summed E-state index contributed by atoms with van der Waals surface area (Å²) in [5, 5.41) is 0. The van der Waals surface area contributed by atoms with Gasteiger partial charge in [0.2, 0.25) is 5.91 Å². The highest BCUT2D eigenvalue weighted by Gasteiger charge is 2.27. The number of amides is 1. The average molecular weight is 261 g/mol. The molecule has 0 atom stereocenters. The highest BCUT2D eigenvalue weighted by atomic mass is 16.5. The molecular weight excluding hydrogens is 242 g/mol. The monoisotopic (exact) mass is 261 g/mol. The van der Waals surface area contributed by atoms with Crippen LogP contribution in [-0.4, -0.2) is 25.5 Å². The number of benzene rings is 1. The lowest BCUT2D eigenvalue weighted by atomic mass is 9.95. The van der Waals surface area contributed by atoms with Crippen molar-refractivity contribution in [1.82, 2.24) is 0 Å². The zero-order valence-electron chi connectivity index (χ0n) is 11.6. The molecule has 0 saturated carbocycles. The predicted octanol–water partition coefficient (Wildman–Crippen LogP) is 2.41. The van der Waals surface area contributed by atoms with Crippen molar-refractivity contribution in [3.8, 4) is 0 Å². The van der Waals surface area contributed by atoms with E-state index in [4.69, 9.17) is 4.74 Å². The van der Waals surface area contributed by atoms with Gasteiger partial charge in [-0.1, -0.05) is 19.9 Å². The van der Waals surface area contributed by atoms with E-state index in [1.807, 2.05) is 19.9 Å². The van der Waals surface area contributed by atoms with Crippen molar-refractivity contribution in [1.29, 1.82) is 0 Å². The zero-order valence-corrected chi connectivity index (χ0v) is 11.6. The summed E-state index contributed by atoms with van der Waals surface area (Å²) < 4.78 is 4.80. The molecule has 4 nitrogen and oxygen atoms in total. The number of methoxy groups -OCH3 is 1. The summed E-state index contributed by atoms with van der Waals surface area (Å²) in [6.07, 6.45) is 1.68. The molecule has 2 rings (SSSR count). The van der Waals surface area contributed by atoms with Crippen LogP contribution in [0.25, 0.3) is 0 Å². The lowest BCUT2D eigenvalue weighted by molar-refractivity contribution is -0.121. The summed E-state index contributed by atoms with van der Waals surface area (Å²) in [5.74, 6) is -0.286. The molecule has 0 radical (unpaired) electrons. The van der Waals surface area contributed by atoms with Crippen molar-refractivity contribution in [3.05, 3.63) is 29.3 Å². The van der Waals surface area contributed by atoms with E-state index in [0.29, 0.717) is 12.1 Å². The summed E-state index contributed by atoms with van der Waals surface area (Å²) in [6, 6.07) is 5.46. The third-order valence-electron chi connectivity index (χ3n) is 3.42. The van der Waals surface area contributed by atoms with E-state index in [1.165, 1.54) is 7.11 Å². The second-order valence-electron chi connectivity index (χ2n) is 5.04. The number of nitrogens with zero attached hydrogens (tertiary/aromatic N) is 1. The Hall–Kier alpha value is -1.84. The van der Waals surface area contributed by atoms with Gasteiger partial charge >= 0.3 is 5.97 Å². The lowest BCUT2D eigenvalue weighted by Gasteiger charge is -2.31. The summed E-state index contributed by atoms with van der Waals surface area (Å²) in [7, 11) is 1.38. The first-order valence-electron chi connectivity index (χ1n) is 6.58. The number of hydrogen-bond acceptors (Lipinski definition) is 3. The molecule has 0 fully saturated rings. The Morgan fingerprint density at radius 2 is 2.05 bits per heavy atom. The molecule has 102 valence electrons. The summed E-state index contributed by atoms with van der Waals surface area (Å²) in [6.45, 7) is 4.50. The fourth-order valence-corrected chi connectivity index (χ4v) is 2.47. The van der Waals surface area contributed by atoms with Gasteiger partial charge < -0.3 is 9.64 Å². The fraction of sp³-hybridized carbons (Fsp3) is 0.467. The molecule has 0 N–H and O–H groups in total. The number of fused-ring (bicyclic) bond motifs is 1. The molecule has 1 aromatic carbocycles. The van der Waals surface area contributed by atoms with Gasteiger partial charge in [-0.05, 0) is 30.5 Å². The SMILES string of the molecule is COC(=O)c1cccc2c1CCCN2C(=O)C(C)C.